The summed E-state index contributed by atoms with van der Waals surface area (Å²) in [7, 11) is 0. The van der Waals surface area contributed by atoms with Gasteiger partial charge in [-0.2, -0.15) is 8.78 Å². The summed E-state index contributed by atoms with van der Waals surface area (Å²) in [4.78, 5) is 36.1. The first-order valence-electron chi connectivity index (χ1n) is 10.7. The molecule has 1 saturated heterocycles. The lowest BCUT2D eigenvalue weighted by atomic mass is 9.86. The van der Waals surface area contributed by atoms with E-state index in [1.165, 1.54) is 6.92 Å². The third kappa shape index (κ3) is 4.40. The fraction of sp³-hybridized carbons (Fsp3) is 0.375. The zero-order valence-corrected chi connectivity index (χ0v) is 18.0. The van der Waals surface area contributed by atoms with Crippen molar-refractivity contribution in [2.45, 2.75) is 18.8 Å². The summed E-state index contributed by atoms with van der Waals surface area (Å²) < 4.78 is 33.8. The SMILES string of the molecule is CC(C(=O)O)C1CN(C(=O)C(F)(F)CNC(=O)OCC2c3ccccc3-c3ccccc32)C1. The number of carbonyl (C=O) groups excluding carboxylic acids is 2. The van der Waals surface area contributed by atoms with Crippen molar-refractivity contribution in [2.24, 2.45) is 11.8 Å². The Bertz CT molecular complexity index is 1040. The molecule has 7 nitrogen and oxygen atoms in total. The van der Waals surface area contributed by atoms with Gasteiger partial charge in [0.2, 0.25) is 0 Å². The molecule has 1 unspecified atom stereocenters. The van der Waals surface area contributed by atoms with E-state index >= 15 is 0 Å². The molecule has 0 bridgehead atoms. The van der Waals surface area contributed by atoms with Gasteiger partial charge in [-0.3, -0.25) is 9.59 Å². The van der Waals surface area contributed by atoms with Gasteiger partial charge in [-0.15, -0.1) is 0 Å². The minimum atomic E-state index is -3.82. The summed E-state index contributed by atoms with van der Waals surface area (Å²) in [6.07, 6.45) is -1.04. The number of nitrogens with zero attached hydrogens (tertiary/aromatic N) is 1. The number of alkyl carbamates (subject to hydrolysis) is 1. The van der Waals surface area contributed by atoms with Crippen molar-refractivity contribution in [1.29, 1.82) is 0 Å². The number of hydrogen-bond acceptors (Lipinski definition) is 4. The van der Waals surface area contributed by atoms with E-state index in [1.807, 2.05) is 53.8 Å². The molecule has 1 atom stereocenters. The summed E-state index contributed by atoms with van der Waals surface area (Å²) in [5, 5.41) is 11.0. The number of likely N-dealkylation sites (tertiary alicyclic amines) is 1. The highest BCUT2D eigenvalue weighted by atomic mass is 19.3. The van der Waals surface area contributed by atoms with Gasteiger partial charge in [-0.05, 0) is 22.3 Å². The second-order valence-corrected chi connectivity index (χ2v) is 8.48. The molecule has 0 radical (unpaired) electrons. The van der Waals surface area contributed by atoms with Crippen molar-refractivity contribution < 1.29 is 33.0 Å². The summed E-state index contributed by atoms with van der Waals surface area (Å²) in [5.74, 6) is -7.58. The zero-order chi connectivity index (χ0) is 23.8. The number of benzene rings is 2. The number of carboxylic acids is 1. The van der Waals surface area contributed by atoms with Crippen molar-refractivity contribution in [3.8, 4) is 11.1 Å². The van der Waals surface area contributed by atoms with Crippen molar-refractivity contribution in [1.82, 2.24) is 10.2 Å². The number of halogens is 2. The number of ether oxygens (including phenoxy) is 1. The lowest BCUT2D eigenvalue weighted by molar-refractivity contribution is -0.167. The van der Waals surface area contributed by atoms with Crippen molar-refractivity contribution in [3.05, 3.63) is 59.7 Å². The van der Waals surface area contributed by atoms with Gasteiger partial charge in [0.15, 0.2) is 0 Å². The van der Waals surface area contributed by atoms with Crippen molar-refractivity contribution >= 4 is 18.0 Å². The van der Waals surface area contributed by atoms with E-state index < -0.39 is 36.4 Å². The Morgan fingerprint density at radius 3 is 2.18 bits per heavy atom. The van der Waals surface area contributed by atoms with Crippen LogP contribution in [0.15, 0.2) is 48.5 Å². The topological polar surface area (TPSA) is 95.9 Å². The van der Waals surface area contributed by atoms with E-state index in [1.54, 1.807) is 0 Å². The van der Waals surface area contributed by atoms with Crippen molar-refractivity contribution in [2.75, 3.05) is 26.2 Å². The highest BCUT2D eigenvalue weighted by Gasteiger charge is 2.48. The van der Waals surface area contributed by atoms with Gasteiger partial charge in [0.25, 0.3) is 5.91 Å². The normalized spacial score (nSPS) is 16.4. The van der Waals surface area contributed by atoms with Crippen LogP contribution in [0.5, 0.6) is 0 Å². The molecule has 9 heteroatoms. The molecule has 2 aromatic carbocycles. The number of hydrogen-bond donors (Lipinski definition) is 2. The first kappa shape index (κ1) is 22.7. The Hall–Kier alpha value is -3.49. The van der Waals surface area contributed by atoms with E-state index in [4.69, 9.17) is 9.84 Å². The molecule has 174 valence electrons. The monoisotopic (exact) mass is 458 g/mol. The number of rotatable bonds is 7. The lowest BCUT2D eigenvalue weighted by Gasteiger charge is -2.42. The van der Waals surface area contributed by atoms with Crippen LogP contribution in [0.4, 0.5) is 13.6 Å². The maximum Gasteiger partial charge on any atom is 0.407 e. The van der Waals surface area contributed by atoms with E-state index in [-0.39, 0.29) is 31.5 Å². The molecular weight excluding hydrogens is 434 g/mol. The molecule has 1 aliphatic carbocycles. The molecule has 33 heavy (non-hydrogen) atoms. The maximum atomic E-state index is 14.3. The molecule has 0 spiro atoms. The lowest BCUT2D eigenvalue weighted by Crippen LogP contribution is -2.59. The van der Waals surface area contributed by atoms with Gasteiger partial charge in [0.1, 0.15) is 6.61 Å². The maximum absolute atomic E-state index is 14.3. The van der Waals surface area contributed by atoms with Crippen molar-refractivity contribution in [3.63, 3.8) is 0 Å². The van der Waals surface area contributed by atoms with Gasteiger partial charge in [-0.25, -0.2) is 4.79 Å². The number of alkyl halides is 2. The fourth-order valence-electron chi connectivity index (χ4n) is 4.34. The molecule has 2 amide bonds. The number of aliphatic carboxylic acids is 1. The molecule has 2 N–H and O–H groups in total. The van der Waals surface area contributed by atoms with E-state index in [9.17, 15) is 23.2 Å². The van der Waals surface area contributed by atoms with Crippen LogP contribution in [-0.4, -0.2) is 60.1 Å². The van der Waals surface area contributed by atoms with E-state index in [0.29, 0.717) is 0 Å². The second kappa shape index (κ2) is 8.80. The molecule has 2 aliphatic rings. The van der Waals surface area contributed by atoms with Crippen LogP contribution < -0.4 is 5.32 Å². The zero-order valence-electron chi connectivity index (χ0n) is 18.0. The molecule has 2 aromatic rings. The number of nitrogens with one attached hydrogen (secondary N) is 1. The smallest absolute Gasteiger partial charge is 0.407 e. The van der Waals surface area contributed by atoms with Crippen LogP contribution in [0.3, 0.4) is 0 Å². The summed E-state index contributed by atoms with van der Waals surface area (Å²) in [6, 6.07) is 15.5. The molecule has 4 rings (SSSR count). The van der Waals surface area contributed by atoms with Crippen LogP contribution >= 0.6 is 0 Å². The highest BCUT2D eigenvalue weighted by molar-refractivity contribution is 5.85. The quantitative estimate of drug-likeness (QED) is 0.664. The minimum Gasteiger partial charge on any atom is -0.481 e. The average Bonchev–Trinajstić information content (AvgIpc) is 3.09. The summed E-state index contributed by atoms with van der Waals surface area (Å²) in [5.41, 5.74) is 4.08. The van der Waals surface area contributed by atoms with Gasteiger partial charge in [0, 0.05) is 24.9 Å². The number of carboxylic acid groups (broad SMARTS) is 1. The third-order valence-electron chi connectivity index (χ3n) is 6.40. The largest absolute Gasteiger partial charge is 0.481 e. The molecule has 1 fully saturated rings. The van der Waals surface area contributed by atoms with Crippen LogP contribution in [0.25, 0.3) is 11.1 Å². The summed E-state index contributed by atoms with van der Waals surface area (Å²) >= 11 is 0. The number of fused-ring (bicyclic) bond motifs is 3. The number of carbonyl (C=O) groups is 3. The molecule has 1 aliphatic heterocycles. The second-order valence-electron chi connectivity index (χ2n) is 8.48. The Labute approximate surface area is 189 Å². The van der Waals surface area contributed by atoms with E-state index in [2.05, 4.69) is 0 Å². The van der Waals surface area contributed by atoms with Gasteiger partial charge in [0.05, 0.1) is 12.5 Å². The van der Waals surface area contributed by atoms with E-state index in [0.717, 1.165) is 27.2 Å². The molecule has 0 aromatic heterocycles. The van der Waals surface area contributed by atoms with Crippen LogP contribution in [0.1, 0.15) is 24.0 Å². The summed E-state index contributed by atoms with van der Waals surface area (Å²) in [6.45, 7) is 0.156. The van der Waals surface area contributed by atoms with Crippen LogP contribution in [-0.2, 0) is 14.3 Å². The number of amides is 2. The van der Waals surface area contributed by atoms with Gasteiger partial charge < -0.3 is 20.1 Å². The van der Waals surface area contributed by atoms with Gasteiger partial charge in [-0.1, -0.05) is 55.5 Å². The van der Waals surface area contributed by atoms with Gasteiger partial charge >= 0.3 is 18.0 Å². The Morgan fingerprint density at radius 2 is 1.64 bits per heavy atom. The first-order chi connectivity index (χ1) is 15.7. The Balaban J connectivity index is 1.29. The highest BCUT2D eigenvalue weighted by Crippen LogP contribution is 2.44. The Kier molecular flexibility index (Phi) is 6.05. The first-order valence-corrected chi connectivity index (χ1v) is 10.7. The van der Waals surface area contributed by atoms with Crippen LogP contribution in [0.2, 0.25) is 0 Å². The molecule has 1 heterocycles. The Morgan fingerprint density at radius 1 is 1.09 bits per heavy atom. The average molecular weight is 458 g/mol. The predicted octanol–water partition coefficient (Wildman–Crippen LogP) is 3.34. The van der Waals surface area contributed by atoms with Crippen LogP contribution in [0, 0.1) is 11.8 Å². The molecule has 0 saturated carbocycles. The third-order valence-corrected chi connectivity index (χ3v) is 6.40. The fourth-order valence-corrected chi connectivity index (χ4v) is 4.34. The molecular formula is C24H24F2N2O5. The standard InChI is InChI=1S/C24H24F2N2O5/c1-14(21(29)30)15-10-28(11-15)22(31)24(25,26)13-27-23(32)33-12-20-18-8-4-2-6-16(18)17-7-3-5-9-19(17)20/h2-9,14-15,20H,10-13H2,1H3,(H,27,32)(H,29,30). The minimum absolute atomic E-state index is 0.0275. The predicted molar refractivity (Wildman–Crippen MR) is 115 cm³/mol.